The van der Waals surface area contributed by atoms with Gasteiger partial charge < -0.3 is 5.11 Å². The predicted octanol–water partition coefficient (Wildman–Crippen LogP) is 2.53. The van der Waals surface area contributed by atoms with Gasteiger partial charge >= 0.3 is 0 Å². The minimum atomic E-state index is -0.465. The Morgan fingerprint density at radius 1 is 1.54 bits per heavy atom. The Balaban J connectivity index is 2.60. The van der Waals surface area contributed by atoms with E-state index in [1.807, 2.05) is 6.26 Å². The summed E-state index contributed by atoms with van der Waals surface area (Å²) in [6.07, 6.45) is 2.80. The third kappa shape index (κ3) is 1.36. The molecule has 0 saturated carbocycles. The normalized spacial score (nSPS) is 20.4. The van der Waals surface area contributed by atoms with Gasteiger partial charge in [0.05, 0.1) is 6.10 Å². The van der Waals surface area contributed by atoms with Gasteiger partial charge in [-0.15, -0.1) is 11.8 Å². The zero-order chi connectivity index (χ0) is 9.42. The van der Waals surface area contributed by atoms with Crippen molar-refractivity contribution >= 4 is 11.8 Å². The predicted molar refractivity (Wildman–Crippen MR) is 51.5 cm³/mol. The second kappa shape index (κ2) is 3.31. The Bertz CT molecular complexity index is 338. The molecule has 3 heteroatoms. The number of hydrogen-bond donors (Lipinski definition) is 1. The van der Waals surface area contributed by atoms with E-state index in [9.17, 15) is 9.50 Å². The molecule has 1 N–H and O–H groups in total. The minimum Gasteiger partial charge on any atom is -0.388 e. The van der Waals surface area contributed by atoms with Crippen molar-refractivity contribution in [3.05, 3.63) is 29.1 Å². The van der Waals surface area contributed by atoms with E-state index in [-0.39, 0.29) is 5.82 Å². The molecule has 1 aromatic rings. The SMILES string of the molecule is CSc1ccc(F)c2c1C(O)CC2. The lowest BCUT2D eigenvalue weighted by molar-refractivity contribution is 0.177. The van der Waals surface area contributed by atoms with Crippen molar-refractivity contribution in [2.24, 2.45) is 0 Å². The van der Waals surface area contributed by atoms with E-state index in [0.29, 0.717) is 18.4 Å². The van der Waals surface area contributed by atoms with E-state index in [1.54, 1.807) is 17.8 Å². The van der Waals surface area contributed by atoms with Crippen molar-refractivity contribution in [1.29, 1.82) is 0 Å². The average molecular weight is 198 g/mol. The number of aliphatic hydroxyl groups is 1. The fourth-order valence-corrected chi connectivity index (χ4v) is 2.52. The molecule has 0 bridgehead atoms. The van der Waals surface area contributed by atoms with Gasteiger partial charge in [-0.2, -0.15) is 0 Å². The first kappa shape index (κ1) is 9.03. The van der Waals surface area contributed by atoms with E-state index in [0.717, 1.165) is 10.5 Å². The van der Waals surface area contributed by atoms with Gasteiger partial charge in [-0.1, -0.05) is 0 Å². The molecule has 0 spiro atoms. The number of benzene rings is 1. The van der Waals surface area contributed by atoms with Crippen LogP contribution in [0.3, 0.4) is 0 Å². The van der Waals surface area contributed by atoms with Crippen LogP contribution in [0.4, 0.5) is 4.39 Å². The summed E-state index contributed by atoms with van der Waals surface area (Å²) in [6.45, 7) is 0. The molecule has 1 aliphatic rings. The number of hydrogen-bond acceptors (Lipinski definition) is 2. The fraction of sp³-hybridized carbons (Fsp3) is 0.400. The lowest BCUT2D eigenvalue weighted by Crippen LogP contribution is -1.95. The van der Waals surface area contributed by atoms with Crippen LogP contribution in [0.1, 0.15) is 23.7 Å². The molecule has 0 amide bonds. The third-order valence-corrected chi connectivity index (χ3v) is 3.28. The Labute approximate surface area is 81.0 Å². The first-order chi connectivity index (χ1) is 6.24. The van der Waals surface area contributed by atoms with Gasteiger partial charge in [-0.3, -0.25) is 0 Å². The van der Waals surface area contributed by atoms with Crippen molar-refractivity contribution < 1.29 is 9.50 Å². The average Bonchev–Trinajstić information content (AvgIpc) is 2.51. The highest BCUT2D eigenvalue weighted by Crippen LogP contribution is 2.38. The molecule has 1 unspecified atom stereocenters. The fourth-order valence-electron chi connectivity index (χ4n) is 1.84. The molecule has 1 nitrogen and oxygen atoms in total. The highest BCUT2D eigenvalue weighted by Gasteiger charge is 2.25. The van der Waals surface area contributed by atoms with Crippen LogP contribution >= 0.6 is 11.8 Å². The van der Waals surface area contributed by atoms with Gasteiger partial charge in [0.2, 0.25) is 0 Å². The molecule has 0 aliphatic heterocycles. The number of aliphatic hydroxyl groups excluding tert-OH is 1. The summed E-state index contributed by atoms with van der Waals surface area (Å²) in [5, 5.41) is 9.64. The molecule has 1 atom stereocenters. The molecule has 1 aromatic carbocycles. The highest BCUT2D eigenvalue weighted by molar-refractivity contribution is 7.98. The Morgan fingerprint density at radius 3 is 3.00 bits per heavy atom. The van der Waals surface area contributed by atoms with Crippen LogP contribution in [0.25, 0.3) is 0 Å². The zero-order valence-electron chi connectivity index (χ0n) is 7.38. The lowest BCUT2D eigenvalue weighted by atomic mass is 10.1. The van der Waals surface area contributed by atoms with Gasteiger partial charge in [0.1, 0.15) is 5.82 Å². The molecular formula is C10H11FOS. The van der Waals surface area contributed by atoms with Gasteiger partial charge in [0.25, 0.3) is 0 Å². The molecule has 13 heavy (non-hydrogen) atoms. The molecule has 1 aliphatic carbocycles. The van der Waals surface area contributed by atoms with E-state index in [1.165, 1.54) is 6.07 Å². The summed E-state index contributed by atoms with van der Waals surface area (Å²) in [5.41, 5.74) is 1.52. The van der Waals surface area contributed by atoms with Crippen LogP contribution in [0.5, 0.6) is 0 Å². The largest absolute Gasteiger partial charge is 0.388 e. The first-order valence-electron chi connectivity index (χ1n) is 4.27. The monoisotopic (exact) mass is 198 g/mol. The van der Waals surface area contributed by atoms with Gasteiger partial charge in [0.15, 0.2) is 0 Å². The van der Waals surface area contributed by atoms with Crippen LogP contribution in [0, 0.1) is 5.82 Å². The number of rotatable bonds is 1. The molecule has 0 aromatic heterocycles. The van der Waals surface area contributed by atoms with E-state index >= 15 is 0 Å². The number of fused-ring (bicyclic) bond motifs is 1. The van der Waals surface area contributed by atoms with Crippen molar-refractivity contribution in [3.63, 3.8) is 0 Å². The topological polar surface area (TPSA) is 20.2 Å². The number of thioether (sulfide) groups is 1. The van der Waals surface area contributed by atoms with E-state index in [4.69, 9.17) is 0 Å². The van der Waals surface area contributed by atoms with Gasteiger partial charge in [0, 0.05) is 10.5 Å². The summed E-state index contributed by atoms with van der Waals surface area (Å²) < 4.78 is 13.3. The lowest BCUT2D eigenvalue weighted by Gasteiger charge is -2.09. The van der Waals surface area contributed by atoms with Gasteiger partial charge in [-0.25, -0.2) is 4.39 Å². The molecule has 70 valence electrons. The van der Waals surface area contributed by atoms with Crippen molar-refractivity contribution in [3.8, 4) is 0 Å². The van der Waals surface area contributed by atoms with Crippen LogP contribution in [-0.4, -0.2) is 11.4 Å². The molecular weight excluding hydrogens is 187 g/mol. The third-order valence-electron chi connectivity index (χ3n) is 2.48. The maximum Gasteiger partial charge on any atom is 0.126 e. The van der Waals surface area contributed by atoms with E-state index in [2.05, 4.69) is 0 Å². The highest BCUT2D eigenvalue weighted by atomic mass is 32.2. The summed E-state index contributed by atoms with van der Waals surface area (Å²) in [6, 6.07) is 3.23. The summed E-state index contributed by atoms with van der Waals surface area (Å²) >= 11 is 1.56. The molecule has 2 rings (SSSR count). The molecule has 0 fully saturated rings. The maximum atomic E-state index is 13.3. The Hall–Kier alpha value is -0.540. The van der Waals surface area contributed by atoms with Crippen LogP contribution in [-0.2, 0) is 6.42 Å². The second-order valence-electron chi connectivity index (χ2n) is 3.20. The Kier molecular flexibility index (Phi) is 2.30. The van der Waals surface area contributed by atoms with Crippen molar-refractivity contribution in [2.45, 2.75) is 23.8 Å². The van der Waals surface area contributed by atoms with Crippen LogP contribution in [0.15, 0.2) is 17.0 Å². The van der Waals surface area contributed by atoms with Crippen molar-refractivity contribution in [2.75, 3.05) is 6.26 Å². The Morgan fingerprint density at radius 2 is 2.31 bits per heavy atom. The molecule has 0 saturated heterocycles. The summed E-state index contributed by atoms with van der Waals surface area (Å²) in [4.78, 5) is 1.00. The minimum absolute atomic E-state index is 0.177. The van der Waals surface area contributed by atoms with Crippen LogP contribution < -0.4 is 0 Å². The summed E-state index contributed by atoms with van der Waals surface area (Å²) in [7, 11) is 0. The second-order valence-corrected chi connectivity index (χ2v) is 4.04. The zero-order valence-corrected chi connectivity index (χ0v) is 8.20. The molecule has 0 radical (unpaired) electrons. The van der Waals surface area contributed by atoms with Gasteiger partial charge in [-0.05, 0) is 36.8 Å². The molecule has 0 heterocycles. The summed E-state index contributed by atoms with van der Waals surface area (Å²) in [5.74, 6) is -0.177. The maximum absolute atomic E-state index is 13.3. The quantitative estimate of drug-likeness (QED) is 0.700. The van der Waals surface area contributed by atoms with Crippen molar-refractivity contribution in [1.82, 2.24) is 0 Å². The standard InChI is InChI=1S/C10H11FOS/c1-13-9-5-3-7(11)6-2-4-8(12)10(6)9/h3,5,8,12H,2,4H2,1H3. The number of halogens is 1. The first-order valence-corrected chi connectivity index (χ1v) is 5.50. The smallest absolute Gasteiger partial charge is 0.126 e. The van der Waals surface area contributed by atoms with E-state index < -0.39 is 6.10 Å². The van der Waals surface area contributed by atoms with Crippen LogP contribution in [0.2, 0.25) is 0 Å².